The molecule has 0 heterocycles. The number of esters is 1. The van der Waals surface area contributed by atoms with E-state index in [9.17, 15) is 4.79 Å². The molecule has 0 saturated heterocycles. The average Bonchev–Trinajstić information content (AvgIpc) is 2.57. The number of ether oxygens (including phenoxy) is 2. The fourth-order valence-corrected chi connectivity index (χ4v) is 1.89. The lowest BCUT2D eigenvalue weighted by Crippen LogP contribution is -2.28. The molecule has 1 aromatic rings. The molecule has 0 radical (unpaired) electrons. The SMILES string of the molecule is CCN(CC)CCOC(=O)C(C#N)=Cc1ccc(OC)cc1. The maximum Gasteiger partial charge on any atom is 0.348 e. The zero-order valence-electron chi connectivity index (χ0n) is 13.3. The van der Waals surface area contributed by atoms with Gasteiger partial charge in [0.15, 0.2) is 0 Å². The molecule has 0 N–H and O–H groups in total. The molecule has 0 fully saturated rings. The van der Waals surface area contributed by atoms with Crippen LogP contribution in [0.3, 0.4) is 0 Å². The summed E-state index contributed by atoms with van der Waals surface area (Å²) in [5, 5.41) is 9.11. The number of nitrogens with zero attached hydrogens (tertiary/aromatic N) is 2. The van der Waals surface area contributed by atoms with Crippen molar-refractivity contribution in [2.24, 2.45) is 0 Å². The van der Waals surface area contributed by atoms with Crippen LogP contribution in [-0.2, 0) is 9.53 Å². The van der Waals surface area contributed by atoms with E-state index in [1.54, 1.807) is 31.4 Å². The van der Waals surface area contributed by atoms with Gasteiger partial charge in [-0.2, -0.15) is 5.26 Å². The Morgan fingerprint density at radius 1 is 1.27 bits per heavy atom. The quantitative estimate of drug-likeness (QED) is 0.419. The van der Waals surface area contributed by atoms with Gasteiger partial charge in [0.2, 0.25) is 0 Å². The predicted octanol–water partition coefficient (Wildman–Crippen LogP) is 2.49. The molecule has 0 amide bonds. The molecular formula is C17H22N2O3. The number of carbonyl (C=O) groups is 1. The fraction of sp³-hybridized carbons (Fsp3) is 0.412. The highest BCUT2D eigenvalue weighted by Gasteiger charge is 2.11. The molecule has 1 aromatic carbocycles. The Balaban J connectivity index is 2.63. The summed E-state index contributed by atoms with van der Waals surface area (Å²) in [7, 11) is 1.58. The van der Waals surface area contributed by atoms with Crippen LogP contribution in [0.4, 0.5) is 0 Å². The van der Waals surface area contributed by atoms with Gasteiger partial charge in [-0.1, -0.05) is 26.0 Å². The Kier molecular flexibility index (Phi) is 7.73. The summed E-state index contributed by atoms with van der Waals surface area (Å²) in [6, 6.07) is 8.98. The lowest BCUT2D eigenvalue weighted by atomic mass is 10.1. The van der Waals surface area contributed by atoms with E-state index in [4.69, 9.17) is 14.7 Å². The van der Waals surface area contributed by atoms with Crippen LogP contribution in [0.2, 0.25) is 0 Å². The second kappa shape index (κ2) is 9.59. The third kappa shape index (κ3) is 5.58. The Morgan fingerprint density at radius 3 is 2.41 bits per heavy atom. The molecule has 0 saturated carbocycles. The van der Waals surface area contributed by atoms with E-state index in [2.05, 4.69) is 18.7 Å². The maximum atomic E-state index is 11.9. The third-order valence-electron chi connectivity index (χ3n) is 3.30. The van der Waals surface area contributed by atoms with E-state index in [1.165, 1.54) is 6.08 Å². The number of methoxy groups -OCH3 is 1. The first kappa shape index (κ1) is 17.7. The number of carbonyl (C=O) groups excluding carboxylic acids is 1. The molecule has 5 heteroatoms. The highest BCUT2D eigenvalue weighted by molar-refractivity contribution is 5.97. The smallest absolute Gasteiger partial charge is 0.348 e. The number of likely N-dealkylation sites (N-methyl/N-ethyl adjacent to an activating group) is 1. The van der Waals surface area contributed by atoms with E-state index in [-0.39, 0.29) is 12.2 Å². The largest absolute Gasteiger partial charge is 0.497 e. The Bertz CT molecular complexity index is 540. The van der Waals surface area contributed by atoms with E-state index in [1.807, 2.05) is 6.07 Å². The van der Waals surface area contributed by atoms with Gasteiger partial charge in [-0.25, -0.2) is 4.79 Å². The van der Waals surface area contributed by atoms with Crippen LogP contribution in [0.1, 0.15) is 19.4 Å². The minimum Gasteiger partial charge on any atom is -0.497 e. The molecule has 0 spiro atoms. The molecule has 0 aliphatic carbocycles. The molecule has 0 aliphatic rings. The van der Waals surface area contributed by atoms with Crippen LogP contribution in [0.5, 0.6) is 5.75 Å². The summed E-state index contributed by atoms with van der Waals surface area (Å²) in [5.74, 6) is 0.128. The van der Waals surface area contributed by atoms with Gasteiger partial charge in [0.05, 0.1) is 7.11 Å². The Hall–Kier alpha value is -2.32. The van der Waals surface area contributed by atoms with Gasteiger partial charge >= 0.3 is 5.97 Å². The van der Waals surface area contributed by atoms with Crippen LogP contribution in [0.15, 0.2) is 29.8 Å². The van der Waals surface area contributed by atoms with Crippen molar-refractivity contribution in [3.05, 3.63) is 35.4 Å². The summed E-state index contributed by atoms with van der Waals surface area (Å²) in [6.45, 7) is 6.86. The molecule has 1 rings (SSSR count). The molecule has 0 unspecified atom stereocenters. The van der Waals surface area contributed by atoms with Crippen molar-refractivity contribution >= 4 is 12.0 Å². The minimum absolute atomic E-state index is 0.00952. The summed E-state index contributed by atoms with van der Waals surface area (Å²) in [4.78, 5) is 14.0. The number of nitriles is 1. The first-order valence-electron chi connectivity index (χ1n) is 7.29. The number of benzene rings is 1. The van der Waals surface area contributed by atoms with Crippen LogP contribution in [0, 0.1) is 11.3 Å². The predicted molar refractivity (Wildman–Crippen MR) is 85.3 cm³/mol. The van der Waals surface area contributed by atoms with Gasteiger partial charge in [0, 0.05) is 6.54 Å². The summed E-state index contributed by atoms with van der Waals surface area (Å²) in [6.07, 6.45) is 1.51. The number of hydrogen-bond acceptors (Lipinski definition) is 5. The summed E-state index contributed by atoms with van der Waals surface area (Å²) >= 11 is 0. The van der Waals surface area contributed by atoms with Crippen molar-refractivity contribution in [2.75, 3.05) is 33.4 Å². The fourth-order valence-electron chi connectivity index (χ4n) is 1.89. The minimum atomic E-state index is -0.592. The first-order chi connectivity index (χ1) is 10.6. The lowest BCUT2D eigenvalue weighted by molar-refractivity contribution is -0.138. The van der Waals surface area contributed by atoms with Crippen LogP contribution in [-0.4, -0.2) is 44.2 Å². The van der Waals surface area contributed by atoms with Gasteiger partial charge in [0.25, 0.3) is 0 Å². The molecule has 0 aromatic heterocycles. The highest BCUT2D eigenvalue weighted by Crippen LogP contribution is 2.14. The van der Waals surface area contributed by atoms with Gasteiger partial charge in [-0.15, -0.1) is 0 Å². The molecule has 0 aliphatic heterocycles. The van der Waals surface area contributed by atoms with Crippen LogP contribution >= 0.6 is 0 Å². The van der Waals surface area contributed by atoms with Crippen molar-refractivity contribution in [1.29, 1.82) is 5.26 Å². The van der Waals surface area contributed by atoms with E-state index in [0.717, 1.165) is 24.4 Å². The first-order valence-corrected chi connectivity index (χ1v) is 7.29. The zero-order chi connectivity index (χ0) is 16.4. The van der Waals surface area contributed by atoms with Crippen LogP contribution < -0.4 is 4.74 Å². The van der Waals surface area contributed by atoms with Crippen molar-refractivity contribution in [2.45, 2.75) is 13.8 Å². The average molecular weight is 302 g/mol. The van der Waals surface area contributed by atoms with Crippen LogP contribution in [0.25, 0.3) is 6.08 Å². The Morgan fingerprint density at radius 2 is 1.91 bits per heavy atom. The molecule has 5 nitrogen and oxygen atoms in total. The van der Waals surface area contributed by atoms with E-state index < -0.39 is 5.97 Å². The van der Waals surface area contributed by atoms with E-state index >= 15 is 0 Å². The lowest BCUT2D eigenvalue weighted by Gasteiger charge is -2.17. The normalized spacial score (nSPS) is 11.1. The third-order valence-corrected chi connectivity index (χ3v) is 3.30. The Labute approximate surface area is 131 Å². The topological polar surface area (TPSA) is 62.6 Å². The molecule has 0 atom stereocenters. The van der Waals surface area contributed by atoms with Crippen molar-refractivity contribution in [3.8, 4) is 11.8 Å². The molecule has 22 heavy (non-hydrogen) atoms. The van der Waals surface area contributed by atoms with E-state index in [0.29, 0.717) is 6.54 Å². The number of rotatable bonds is 8. The van der Waals surface area contributed by atoms with Crippen molar-refractivity contribution < 1.29 is 14.3 Å². The highest BCUT2D eigenvalue weighted by atomic mass is 16.5. The zero-order valence-corrected chi connectivity index (χ0v) is 13.3. The standard InChI is InChI=1S/C17H22N2O3/c1-4-19(5-2)10-11-22-17(20)15(13-18)12-14-6-8-16(21-3)9-7-14/h6-9,12H,4-5,10-11H2,1-3H3. The van der Waals surface area contributed by atoms with Crippen molar-refractivity contribution in [1.82, 2.24) is 4.90 Å². The molecular weight excluding hydrogens is 280 g/mol. The second-order valence-corrected chi connectivity index (χ2v) is 4.61. The van der Waals surface area contributed by atoms with Gasteiger partial charge in [0.1, 0.15) is 24.0 Å². The molecule has 0 bridgehead atoms. The number of hydrogen-bond donors (Lipinski definition) is 0. The summed E-state index contributed by atoms with van der Waals surface area (Å²) in [5.41, 5.74) is 0.739. The van der Waals surface area contributed by atoms with Crippen molar-refractivity contribution in [3.63, 3.8) is 0 Å². The maximum absolute atomic E-state index is 11.9. The van der Waals surface area contributed by atoms with Gasteiger partial charge in [-0.05, 0) is 36.9 Å². The van der Waals surface area contributed by atoms with Gasteiger partial charge in [-0.3, -0.25) is 0 Å². The summed E-state index contributed by atoms with van der Waals surface area (Å²) < 4.78 is 10.2. The molecule has 118 valence electrons. The van der Waals surface area contributed by atoms with Gasteiger partial charge < -0.3 is 14.4 Å². The second-order valence-electron chi connectivity index (χ2n) is 4.61. The monoisotopic (exact) mass is 302 g/mol.